The number of alkyl halides is 3. The highest BCUT2D eigenvalue weighted by Crippen LogP contribution is 2.30. The summed E-state index contributed by atoms with van der Waals surface area (Å²) in [5, 5.41) is 3.00. The Kier molecular flexibility index (Phi) is 5.63. The summed E-state index contributed by atoms with van der Waals surface area (Å²) in [6, 6.07) is 17.2. The maximum absolute atomic E-state index is 12.8. The summed E-state index contributed by atoms with van der Waals surface area (Å²) in [5.74, 6) is -0.259. The van der Waals surface area contributed by atoms with Crippen LogP contribution in [0.1, 0.15) is 23.0 Å². The number of halogens is 3. The van der Waals surface area contributed by atoms with E-state index in [0.29, 0.717) is 17.9 Å². The minimum atomic E-state index is -4.38. The largest absolute Gasteiger partial charge is 0.416 e. The van der Waals surface area contributed by atoms with Crippen molar-refractivity contribution in [3.8, 4) is 0 Å². The van der Waals surface area contributed by atoms with Gasteiger partial charge in [-0.25, -0.2) is 0 Å². The molecular formula is C21H18F3N3O. The van der Waals surface area contributed by atoms with Gasteiger partial charge in [0.25, 0.3) is 5.91 Å². The van der Waals surface area contributed by atoms with Crippen LogP contribution in [0.4, 0.5) is 30.2 Å². The highest BCUT2D eigenvalue weighted by atomic mass is 19.4. The number of aromatic nitrogens is 1. The van der Waals surface area contributed by atoms with E-state index in [9.17, 15) is 18.0 Å². The predicted octanol–water partition coefficient (Wildman–Crippen LogP) is 5.51. The molecule has 2 aromatic carbocycles. The molecule has 0 fully saturated rings. The number of benzene rings is 2. The summed E-state index contributed by atoms with van der Waals surface area (Å²) in [5.41, 5.74) is 1.32. The fourth-order valence-corrected chi connectivity index (χ4v) is 2.72. The Morgan fingerprint density at radius 3 is 2.29 bits per heavy atom. The van der Waals surface area contributed by atoms with Gasteiger partial charge in [0.05, 0.1) is 5.56 Å². The Morgan fingerprint density at radius 2 is 1.68 bits per heavy atom. The van der Waals surface area contributed by atoms with Gasteiger partial charge in [-0.15, -0.1) is 0 Å². The van der Waals surface area contributed by atoms with Gasteiger partial charge in [-0.3, -0.25) is 9.78 Å². The quantitative estimate of drug-likeness (QED) is 0.630. The number of para-hydroxylation sites is 1. The SMILES string of the molecule is CCN(C(=O)c1cc(Nc2ccc(C(F)(F)F)cc2)ccn1)c1ccccc1. The van der Waals surface area contributed by atoms with Crippen LogP contribution < -0.4 is 10.2 Å². The number of nitrogens with one attached hydrogen (secondary N) is 1. The molecule has 3 rings (SSSR count). The lowest BCUT2D eigenvalue weighted by Crippen LogP contribution is -2.31. The zero-order chi connectivity index (χ0) is 20.1. The van der Waals surface area contributed by atoms with Crippen molar-refractivity contribution in [3.63, 3.8) is 0 Å². The topological polar surface area (TPSA) is 45.2 Å². The summed E-state index contributed by atoms with van der Waals surface area (Å²) in [4.78, 5) is 18.6. The van der Waals surface area contributed by atoms with Gasteiger partial charge in [-0.1, -0.05) is 18.2 Å². The number of rotatable bonds is 5. The van der Waals surface area contributed by atoms with Gasteiger partial charge in [-0.2, -0.15) is 13.2 Å². The molecule has 0 radical (unpaired) electrons. The van der Waals surface area contributed by atoms with Crippen LogP contribution in [0.25, 0.3) is 0 Å². The number of hydrogen-bond acceptors (Lipinski definition) is 3. The van der Waals surface area contributed by atoms with E-state index in [4.69, 9.17) is 0 Å². The molecule has 3 aromatic rings. The van der Waals surface area contributed by atoms with Crippen LogP contribution in [0.5, 0.6) is 0 Å². The maximum Gasteiger partial charge on any atom is 0.416 e. The van der Waals surface area contributed by atoms with Crippen molar-refractivity contribution in [2.24, 2.45) is 0 Å². The van der Waals surface area contributed by atoms with E-state index in [1.54, 1.807) is 17.0 Å². The molecule has 0 bridgehead atoms. The second kappa shape index (κ2) is 8.12. The van der Waals surface area contributed by atoms with Crippen LogP contribution in [0, 0.1) is 0 Å². The lowest BCUT2D eigenvalue weighted by atomic mass is 10.2. The van der Waals surface area contributed by atoms with Crippen molar-refractivity contribution >= 4 is 23.0 Å². The van der Waals surface area contributed by atoms with Gasteiger partial charge in [0.1, 0.15) is 5.69 Å². The molecular weight excluding hydrogens is 367 g/mol. The highest BCUT2D eigenvalue weighted by Gasteiger charge is 2.29. The fourth-order valence-electron chi connectivity index (χ4n) is 2.72. The Balaban J connectivity index is 1.79. The lowest BCUT2D eigenvalue weighted by Gasteiger charge is -2.20. The second-order valence-electron chi connectivity index (χ2n) is 6.01. The van der Waals surface area contributed by atoms with Gasteiger partial charge < -0.3 is 10.2 Å². The standard InChI is InChI=1S/C21H18F3N3O/c1-2-27(18-6-4-3-5-7-18)20(28)19-14-17(12-13-25-19)26-16-10-8-15(9-11-16)21(22,23)24/h3-14H,2H2,1H3,(H,25,26). The summed E-state index contributed by atoms with van der Waals surface area (Å²) in [6.45, 7) is 2.34. The first kappa shape index (κ1) is 19.4. The zero-order valence-corrected chi connectivity index (χ0v) is 15.1. The van der Waals surface area contributed by atoms with Crippen molar-refractivity contribution in [3.05, 3.63) is 84.2 Å². The van der Waals surface area contributed by atoms with Gasteiger partial charge in [0, 0.05) is 29.8 Å². The Hall–Kier alpha value is -3.35. The number of nitrogens with zero attached hydrogens (tertiary/aromatic N) is 2. The molecule has 0 saturated heterocycles. The molecule has 1 amide bonds. The predicted molar refractivity (Wildman–Crippen MR) is 103 cm³/mol. The molecule has 1 heterocycles. The Morgan fingerprint density at radius 1 is 1.00 bits per heavy atom. The Bertz CT molecular complexity index is 941. The molecule has 144 valence electrons. The molecule has 1 N–H and O–H groups in total. The molecule has 0 unspecified atom stereocenters. The molecule has 0 aliphatic rings. The van der Waals surface area contributed by atoms with E-state index in [0.717, 1.165) is 17.8 Å². The molecule has 0 saturated carbocycles. The molecule has 1 aromatic heterocycles. The first-order chi connectivity index (χ1) is 13.4. The average molecular weight is 385 g/mol. The van der Waals surface area contributed by atoms with E-state index >= 15 is 0 Å². The van der Waals surface area contributed by atoms with Crippen molar-refractivity contribution in [2.75, 3.05) is 16.8 Å². The Labute approximate surface area is 160 Å². The summed E-state index contributed by atoms with van der Waals surface area (Å²) < 4.78 is 38.0. The van der Waals surface area contributed by atoms with E-state index in [-0.39, 0.29) is 11.6 Å². The van der Waals surface area contributed by atoms with Crippen LogP contribution in [0.3, 0.4) is 0 Å². The highest BCUT2D eigenvalue weighted by molar-refractivity contribution is 6.05. The summed E-state index contributed by atoms with van der Waals surface area (Å²) in [6.07, 6.45) is -2.89. The first-order valence-corrected chi connectivity index (χ1v) is 8.65. The number of carbonyl (C=O) groups excluding carboxylic acids is 1. The molecule has 0 atom stereocenters. The molecule has 0 aliphatic heterocycles. The molecule has 0 spiro atoms. The maximum atomic E-state index is 12.8. The fraction of sp³-hybridized carbons (Fsp3) is 0.143. The van der Waals surface area contributed by atoms with Crippen LogP contribution >= 0.6 is 0 Å². The minimum absolute atomic E-state index is 0.239. The number of pyridine rings is 1. The van der Waals surface area contributed by atoms with Crippen molar-refractivity contribution in [1.82, 2.24) is 4.98 Å². The summed E-state index contributed by atoms with van der Waals surface area (Å²) >= 11 is 0. The monoisotopic (exact) mass is 385 g/mol. The van der Waals surface area contributed by atoms with Gasteiger partial charge in [-0.05, 0) is 55.5 Å². The number of anilines is 3. The van der Waals surface area contributed by atoms with E-state index in [1.807, 2.05) is 37.3 Å². The van der Waals surface area contributed by atoms with E-state index in [1.165, 1.54) is 18.3 Å². The zero-order valence-electron chi connectivity index (χ0n) is 15.1. The van der Waals surface area contributed by atoms with E-state index in [2.05, 4.69) is 10.3 Å². The van der Waals surface area contributed by atoms with Crippen LogP contribution in [-0.4, -0.2) is 17.4 Å². The molecule has 7 heteroatoms. The summed E-state index contributed by atoms with van der Waals surface area (Å²) in [7, 11) is 0. The van der Waals surface area contributed by atoms with Crippen molar-refractivity contribution < 1.29 is 18.0 Å². The molecule has 28 heavy (non-hydrogen) atoms. The van der Waals surface area contributed by atoms with Crippen LogP contribution in [0.2, 0.25) is 0 Å². The first-order valence-electron chi connectivity index (χ1n) is 8.65. The third kappa shape index (κ3) is 4.49. The smallest absolute Gasteiger partial charge is 0.355 e. The van der Waals surface area contributed by atoms with Crippen molar-refractivity contribution in [1.29, 1.82) is 0 Å². The van der Waals surface area contributed by atoms with Gasteiger partial charge >= 0.3 is 6.18 Å². The van der Waals surface area contributed by atoms with Gasteiger partial charge in [0.15, 0.2) is 0 Å². The average Bonchev–Trinajstić information content (AvgIpc) is 2.69. The lowest BCUT2D eigenvalue weighted by molar-refractivity contribution is -0.137. The second-order valence-corrected chi connectivity index (χ2v) is 6.01. The van der Waals surface area contributed by atoms with Crippen LogP contribution in [-0.2, 0) is 6.18 Å². The third-order valence-electron chi connectivity index (χ3n) is 4.11. The normalized spacial score (nSPS) is 11.1. The third-order valence-corrected chi connectivity index (χ3v) is 4.11. The molecule has 4 nitrogen and oxygen atoms in total. The number of carbonyl (C=O) groups is 1. The number of amides is 1. The van der Waals surface area contributed by atoms with Crippen LogP contribution in [0.15, 0.2) is 72.9 Å². The van der Waals surface area contributed by atoms with Crippen molar-refractivity contribution in [2.45, 2.75) is 13.1 Å². The van der Waals surface area contributed by atoms with E-state index < -0.39 is 11.7 Å². The van der Waals surface area contributed by atoms with Gasteiger partial charge in [0.2, 0.25) is 0 Å². The number of hydrogen-bond donors (Lipinski definition) is 1. The molecule has 0 aliphatic carbocycles. The minimum Gasteiger partial charge on any atom is -0.355 e.